The van der Waals surface area contributed by atoms with Gasteiger partial charge in [-0.25, -0.2) is 0 Å². The van der Waals surface area contributed by atoms with Crippen LogP contribution in [0.15, 0.2) is 23.2 Å². The highest BCUT2D eigenvalue weighted by molar-refractivity contribution is 14.0. The molecule has 1 fully saturated rings. The highest BCUT2D eigenvalue weighted by atomic mass is 127. The van der Waals surface area contributed by atoms with Gasteiger partial charge in [0.1, 0.15) is 0 Å². The lowest BCUT2D eigenvalue weighted by molar-refractivity contribution is 0.0242. The Hall–Kier alpha value is -1.22. The van der Waals surface area contributed by atoms with Crippen LogP contribution >= 0.6 is 24.0 Å². The van der Waals surface area contributed by atoms with E-state index in [1.165, 1.54) is 5.56 Å². The van der Waals surface area contributed by atoms with Crippen molar-refractivity contribution >= 4 is 29.9 Å². The minimum absolute atomic E-state index is 0. The van der Waals surface area contributed by atoms with E-state index in [-0.39, 0.29) is 35.0 Å². The number of nitrogens with zero attached hydrogens (tertiary/aromatic N) is 1. The normalized spacial score (nSPS) is 22.1. The van der Waals surface area contributed by atoms with Crippen molar-refractivity contribution in [1.82, 2.24) is 10.6 Å². The Kier molecular flexibility index (Phi) is 7.01. The van der Waals surface area contributed by atoms with Gasteiger partial charge in [0.05, 0.1) is 5.60 Å². The third-order valence-electron chi connectivity index (χ3n) is 5.01. The van der Waals surface area contributed by atoms with E-state index in [0.29, 0.717) is 6.79 Å². The summed E-state index contributed by atoms with van der Waals surface area (Å²) in [5.41, 5.74) is 1.03. The molecule has 0 radical (unpaired) electrons. The molecule has 0 aromatic heterocycles. The molecule has 1 aromatic carbocycles. The summed E-state index contributed by atoms with van der Waals surface area (Å²) in [6.45, 7) is 9.21. The summed E-state index contributed by atoms with van der Waals surface area (Å²) >= 11 is 0. The summed E-state index contributed by atoms with van der Waals surface area (Å²) in [4.78, 5) is 4.33. The van der Waals surface area contributed by atoms with Crippen LogP contribution in [0.2, 0.25) is 0 Å². The Morgan fingerprint density at radius 1 is 1.23 bits per heavy atom. The second kappa shape index (κ2) is 8.65. The average molecular weight is 475 g/mol. The lowest BCUT2D eigenvalue weighted by atomic mass is 9.84. The maximum atomic E-state index is 5.82. The number of fused-ring (bicyclic) bond motifs is 1. The number of nitrogens with one attached hydrogen (secondary N) is 2. The standard InChI is InChI=1S/C19H29N3O3.HI/c1-18(2,14-6-7-15-16(10-14)24-13-23-15)11-21-17(20-4)22-12-19(3)8-5-9-25-19;/h6-7,10H,5,8-9,11-13H2,1-4H3,(H2,20,21,22);1H. The SMILES string of the molecule is CN=C(NCC1(C)CCCO1)NCC(C)(C)c1ccc2c(c1)OCO2.I. The van der Waals surface area contributed by atoms with Crippen LogP contribution in [0.4, 0.5) is 0 Å². The zero-order chi connectivity index (χ0) is 17.9. The molecule has 26 heavy (non-hydrogen) atoms. The Morgan fingerprint density at radius 3 is 2.69 bits per heavy atom. The molecule has 0 saturated carbocycles. The van der Waals surface area contributed by atoms with Crippen molar-refractivity contribution in [3.05, 3.63) is 23.8 Å². The Bertz CT molecular complexity index is 643. The summed E-state index contributed by atoms with van der Waals surface area (Å²) < 4.78 is 16.7. The number of halogens is 1. The van der Waals surface area contributed by atoms with Gasteiger partial charge >= 0.3 is 0 Å². The van der Waals surface area contributed by atoms with E-state index >= 15 is 0 Å². The maximum Gasteiger partial charge on any atom is 0.231 e. The van der Waals surface area contributed by atoms with Crippen LogP contribution in [0, 0.1) is 0 Å². The zero-order valence-corrected chi connectivity index (χ0v) is 18.4. The fourth-order valence-electron chi connectivity index (χ4n) is 3.19. The van der Waals surface area contributed by atoms with Crippen molar-refractivity contribution in [3.63, 3.8) is 0 Å². The van der Waals surface area contributed by atoms with Gasteiger partial charge in [0.25, 0.3) is 0 Å². The van der Waals surface area contributed by atoms with Crippen molar-refractivity contribution < 1.29 is 14.2 Å². The molecule has 1 aromatic rings. The topological polar surface area (TPSA) is 64.1 Å². The molecule has 2 aliphatic rings. The van der Waals surface area contributed by atoms with Gasteiger partial charge < -0.3 is 24.8 Å². The molecule has 2 heterocycles. The van der Waals surface area contributed by atoms with Crippen LogP contribution in [0.5, 0.6) is 11.5 Å². The molecule has 3 rings (SSSR count). The molecule has 2 aliphatic heterocycles. The molecule has 1 atom stereocenters. The Balaban J connectivity index is 0.00000243. The summed E-state index contributed by atoms with van der Waals surface area (Å²) in [6.07, 6.45) is 2.21. The first-order valence-corrected chi connectivity index (χ1v) is 8.91. The predicted octanol–water partition coefficient (Wildman–Crippen LogP) is 3.05. The van der Waals surface area contributed by atoms with Crippen LogP contribution in [0.3, 0.4) is 0 Å². The first kappa shape index (κ1) is 21.1. The van der Waals surface area contributed by atoms with E-state index in [0.717, 1.165) is 50.0 Å². The highest BCUT2D eigenvalue weighted by Gasteiger charge is 2.30. The Morgan fingerprint density at radius 2 is 2.00 bits per heavy atom. The predicted molar refractivity (Wildman–Crippen MR) is 114 cm³/mol. The fraction of sp³-hybridized carbons (Fsp3) is 0.632. The van der Waals surface area contributed by atoms with E-state index in [1.54, 1.807) is 7.05 Å². The molecule has 0 spiro atoms. The van der Waals surface area contributed by atoms with Gasteiger partial charge in [-0.1, -0.05) is 19.9 Å². The summed E-state index contributed by atoms with van der Waals surface area (Å²) in [5.74, 6) is 2.43. The Labute approximate surface area is 173 Å². The molecule has 6 nitrogen and oxygen atoms in total. The monoisotopic (exact) mass is 475 g/mol. The van der Waals surface area contributed by atoms with Crippen molar-refractivity contribution in [3.8, 4) is 11.5 Å². The molecule has 0 bridgehead atoms. The van der Waals surface area contributed by atoms with Gasteiger partial charge in [0.2, 0.25) is 6.79 Å². The number of ether oxygens (including phenoxy) is 3. The molecule has 1 saturated heterocycles. The maximum absolute atomic E-state index is 5.82. The first-order chi connectivity index (χ1) is 11.9. The number of hydrogen-bond donors (Lipinski definition) is 2. The lowest BCUT2D eigenvalue weighted by Gasteiger charge is -2.28. The molecule has 2 N–H and O–H groups in total. The molecule has 146 valence electrons. The zero-order valence-electron chi connectivity index (χ0n) is 16.1. The minimum atomic E-state index is -0.0928. The first-order valence-electron chi connectivity index (χ1n) is 8.91. The van der Waals surface area contributed by atoms with Crippen LogP contribution in [0.25, 0.3) is 0 Å². The van der Waals surface area contributed by atoms with Gasteiger partial charge in [-0.2, -0.15) is 0 Å². The van der Waals surface area contributed by atoms with Crippen LogP contribution in [-0.4, -0.2) is 45.1 Å². The molecular weight excluding hydrogens is 445 g/mol. The van der Waals surface area contributed by atoms with E-state index < -0.39 is 0 Å². The van der Waals surface area contributed by atoms with Gasteiger partial charge in [0, 0.05) is 32.2 Å². The smallest absolute Gasteiger partial charge is 0.231 e. The number of hydrogen-bond acceptors (Lipinski definition) is 4. The summed E-state index contributed by atoms with van der Waals surface area (Å²) in [7, 11) is 1.79. The van der Waals surface area contributed by atoms with Crippen LogP contribution in [-0.2, 0) is 10.2 Å². The van der Waals surface area contributed by atoms with E-state index in [9.17, 15) is 0 Å². The van der Waals surface area contributed by atoms with Crippen molar-refractivity contribution in [2.24, 2.45) is 4.99 Å². The number of guanidine groups is 1. The van der Waals surface area contributed by atoms with Gasteiger partial charge in [-0.3, -0.25) is 4.99 Å². The quantitative estimate of drug-likeness (QED) is 0.390. The molecule has 0 amide bonds. The van der Waals surface area contributed by atoms with Crippen molar-refractivity contribution in [2.75, 3.05) is 33.5 Å². The van der Waals surface area contributed by atoms with Gasteiger partial charge in [-0.05, 0) is 37.5 Å². The van der Waals surface area contributed by atoms with E-state index in [2.05, 4.69) is 48.5 Å². The molecule has 0 aliphatic carbocycles. The summed E-state index contributed by atoms with van der Waals surface area (Å²) in [6, 6.07) is 6.14. The highest BCUT2D eigenvalue weighted by Crippen LogP contribution is 2.36. The second-order valence-corrected chi connectivity index (χ2v) is 7.63. The molecular formula is C19H30IN3O3. The lowest BCUT2D eigenvalue weighted by Crippen LogP contribution is -2.48. The number of aliphatic imine (C=N–C) groups is 1. The van der Waals surface area contributed by atoms with Crippen molar-refractivity contribution in [2.45, 2.75) is 44.6 Å². The third-order valence-corrected chi connectivity index (χ3v) is 5.01. The van der Waals surface area contributed by atoms with Crippen LogP contribution in [0.1, 0.15) is 39.2 Å². The third kappa shape index (κ3) is 4.94. The van der Waals surface area contributed by atoms with E-state index in [4.69, 9.17) is 14.2 Å². The number of rotatable bonds is 5. The van der Waals surface area contributed by atoms with Crippen molar-refractivity contribution in [1.29, 1.82) is 0 Å². The molecule has 1 unspecified atom stereocenters. The fourth-order valence-corrected chi connectivity index (χ4v) is 3.19. The largest absolute Gasteiger partial charge is 0.454 e. The van der Waals surface area contributed by atoms with Crippen LogP contribution < -0.4 is 20.1 Å². The van der Waals surface area contributed by atoms with Gasteiger partial charge in [0.15, 0.2) is 17.5 Å². The van der Waals surface area contributed by atoms with E-state index in [1.807, 2.05) is 6.07 Å². The molecule has 7 heteroatoms. The minimum Gasteiger partial charge on any atom is -0.454 e. The summed E-state index contributed by atoms with van der Waals surface area (Å²) in [5, 5.41) is 6.82. The second-order valence-electron chi connectivity index (χ2n) is 7.63. The van der Waals surface area contributed by atoms with Gasteiger partial charge in [-0.15, -0.1) is 24.0 Å². The average Bonchev–Trinajstić information content (AvgIpc) is 3.23. The number of benzene rings is 1.